The molecular formula is C16H19N3O2. The molecule has 1 aromatic carbocycles. The topological polar surface area (TPSA) is 70.3 Å². The second-order valence-corrected chi connectivity index (χ2v) is 6.15. The summed E-state index contributed by atoms with van der Waals surface area (Å²) in [5.41, 5.74) is 6.71. The first-order chi connectivity index (χ1) is 9.93. The molecule has 1 aromatic heterocycles. The average molecular weight is 285 g/mol. The Morgan fingerprint density at radius 2 is 1.86 bits per heavy atom. The van der Waals surface area contributed by atoms with E-state index in [1.165, 1.54) is 0 Å². The van der Waals surface area contributed by atoms with E-state index in [-0.39, 0.29) is 11.5 Å². The molecule has 3 rings (SSSR count). The number of hydrogen-bond acceptors (Lipinski definition) is 5. The van der Waals surface area contributed by atoms with E-state index >= 15 is 0 Å². The summed E-state index contributed by atoms with van der Waals surface area (Å²) in [5, 5.41) is 0. The standard InChI is InChI=1S/C16H19N3O2/c1-16(2,3)13-8-14(17)19-15(18-13)12-9-20-10-6-4-5-7-11(10)21-12/h4-8,12H,9H2,1-3H3,(H2,17,18,19). The molecule has 1 aliphatic rings. The van der Waals surface area contributed by atoms with Gasteiger partial charge in [0.2, 0.25) is 0 Å². The summed E-state index contributed by atoms with van der Waals surface area (Å²) in [4.78, 5) is 8.91. The first-order valence-electron chi connectivity index (χ1n) is 6.97. The Hall–Kier alpha value is -2.30. The molecule has 1 atom stereocenters. The van der Waals surface area contributed by atoms with Crippen molar-refractivity contribution in [3.8, 4) is 11.5 Å². The van der Waals surface area contributed by atoms with E-state index in [0.29, 0.717) is 24.0 Å². The largest absolute Gasteiger partial charge is 0.485 e. The monoisotopic (exact) mass is 285 g/mol. The SMILES string of the molecule is CC(C)(C)c1cc(N)nc(C2COc3ccccc3O2)n1. The number of benzene rings is 1. The predicted molar refractivity (Wildman–Crippen MR) is 80.5 cm³/mol. The van der Waals surface area contributed by atoms with Crippen LogP contribution in [0.5, 0.6) is 11.5 Å². The Balaban J connectivity index is 1.94. The van der Waals surface area contributed by atoms with Crippen LogP contribution in [0.1, 0.15) is 38.4 Å². The van der Waals surface area contributed by atoms with Crippen molar-refractivity contribution in [2.75, 3.05) is 12.3 Å². The fraction of sp³-hybridized carbons (Fsp3) is 0.375. The molecule has 0 saturated heterocycles. The minimum Gasteiger partial charge on any atom is -0.485 e. The van der Waals surface area contributed by atoms with Gasteiger partial charge in [-0.25, -0.2) is 9.97 Å². The van der Waals surface area contributed by atoms with E-state index in [9.17, 15) is 0 Å². The first kappa shape index (κ1) is 13.7. The molecule has 5 heteroatoms. The predicted octanol–water partition coefficient (Wildman–Crippen LogP) is 2.87. The van der Waals surface area contributed by atoms with Crippen molar-refractivity contribution < 1.29 is 9.47 Å². The number of ether oxygens (including phenoxy) is 2. The Morgan fingerprint density at radius 1 is 1.14 bits per heavy atom. The van der Waals surface area contributed by atoms with Crippen LogP contribution >= 0.6 is 0 Å². The number of fused-ring (bicyclic) bond motifs is 1. The maximum absolute atomic E-state index is 5.94. The van der Waals surface area contributed by atoms with E-state index in [2.05, 4.69) is 30.7 Å². The van der Waals surface area contributed by atoms with Gasteiger partial charge in [-0.2, -0.15) is 0 Å². The number of nitrogens with zero attached hydrogens (tertiary/aromatic N) is 2. The summed E-state index contributed by atoms with van der Waals surface area (Å²) < 4.78 is 11.6. The van der Waals surface area contributed by atoms with Crippen molar-refractivity contribution in [3.63, 3.8) is 0 Å². The van der Waals surface area contributed by atoms with Gasteiger partial charge in [-0.05, 0) is 12.1 Å². The molecule has 0 saturated carbocycles. The summed E-state index contributed by atoms with van der Waals surface area (Å²) in [6, 6.07) is 9.38. The highest BCUT2D eigenvalue weighted by molar-refractivity contribution is 5.41. The van der Waals surface area contributed by atoms with Crippen LogP contribution in [0, 0.1) is 0 Å². The number of nitrogens with two attached hydrogens (primary N) is 1. The molecule has 110 valence electrons. The smallest absolute Gasteiger partial charge is 0.192 e. The van der Waals surface area contributed by atoms with Crippen LogP contribution in [-0.4, -0.2) is 16.6 Å². The van der Waals surface area contributed by atoms with Crippen LogP contribution in [0.25, 0.3) is 0 Å². The molecule has 1 aliphatic heterocycles. The first-order valence-corrected chi connectivity index (χ1v) is 6.97. The number of para-hydroxylation sites is 2. The molecule has 0 bridgehead atoms. The molecule has 1 unspecified atom stereocenters. The van der Waals surface area contributed by atoms with Crippen molar-refractivity contribution in [1.82, 2.24) is 9.97 Å². The molecule has 0 spiro atoms. The Bertz CT molecular complexity index is 665. The van der Waals surface area contributed by atoms with Crippen LogP contribution in [0.4, 0.5) is 5.82 Å². The lowest BCUT2D eigenvalue weighted by molar-refractivity contribution is 0.0848. The van der Waals surface area contributed by atoms with Crippen molar-refractivity contribution in [2.24, 2.45) is 0 Å². The van der Waals surface area contributed by atoms with E-state index in [0.717, 1.165) is 11.4 Å². The van der Waals surface area contributed by atoms with Crippen LogP contribution < -0.4 is 15.2 Å². The van der Waals surface area contributed by atoms with Crippen molar-refractivity contribution in [3.05, 3.63) is 41.9 Å². The number of rotatable bonds is 1. The highest BCUT2D eigenvalue weighted by Gasteiger charge is 2.27. The molecule has 0 radical (unpaired) electrons. The van der Waals surface area contributed by atoms with Crippen LogP contribution in [-0.2, 0) is 5.41 Å². The molecule has 0 fully saturated rings. The summed E-state index contributed by atoms with van der Waals surface area (Å²) in [7, 11) is 0. The van der Waals surface area contributed by atoms with Gasteiger partial charge >= 0.3 is 0 Å². The minimum atomic E-state index is -0.343. The summed E-state index contributed by atoms with van der Waals surface area (Å²) in [6.45, 7) is 6.65. The fourth-order valence-electron chi connectivity index (χ4n) is 2.16. The number of hydrogen-bond donors (Lipinski definition) is 1. The molecule has 2 heterocycles. The maximum atomic E-state index is 5.94. The highest BCUT2D eigenvalue weighted by atomic mass is 16.6. The summed E-state index contributed by atoms with van der Waals surface area (Å²) in [6.07, 6.45) is -0.343. The second kappa shape index (κ2) is 4.91. The quantitative estimate of drug-likeness (QED) is 0.872. The Kier molecular flexibility index (Phi) is 3.20. The van der Waals surface area contributed by atoms with Crippen LogP contribution in [0.3, 0.4) is 0 Å². The lowest BCUT2D eigenvalue weighted by Gasteiger charge is -2.26. The van der Waals surface area contributed by atoms with E-state index in [1.54, 1.807) is 6.07 Å². The third-order valence-electron chi connectivity index (χ3n) is 3.33. The zero-order valence-electron chi connectivity index (χ0n) is 12.5. The van der Waals surface area contributed by atoms with Gasteiger partial charge in [0.25, 0.3) is 0 Å². The lowest BCUT2D eigenvalue weighted by atomic mass is 9.92. The molecular weight excluding hydrogens is 266 g/mol. The van der Waals surface area contributed by atoms with E-state index in [1.807, 2.05) is 24.3 Å². The third kappa shape index (κ3) is 2.77. The zero-order valence-corrected chi connectivity index (χ0v) is 12.5. The van der Waals surface area contributed by atoms with Gasteiger partial charge in [0.15, 0.2) is 23.4 Å². The van der Waals surface area contributed by atoms with Gasteiger partial charge in [0.05, 0.1) is 5.69 Å². The van der Waals surface area contributed by atoms with Gasteiger partial charge in [-0.15, -0.1) is 0 Å². The Morgan fingerprint density at radius 3 is 2.57 bits per heavy atom. The number of nitrogen functional groups attached to an aromatic ring is 1. The summed E-state index contributed by atoms with van der Waals surface area (Å²) >= 11 is 0. The Labute approximate surface area is 124 Å². The minimum absolute atomic E-state index is 0.0980. The highest BCUT2D eigenvalue weighted by Crippen LogP contribution is 2.35. The normalized spacial score (nSPS) is 17.6. The van der Waals surface area contributed by atoms with Crippen molar-refractivity contribution in [1.29, 1.82) is 0 Å². The summed E-state index contributed by atoms with van der Waals surface area (Å²) in [5.74, 6) is 2.47. The molecule has 5 nitrogen and oxygen atoms in total. The number of anilines is 1. The zero-order chi connectivity index (χ0) is 15.0. The van der Waals surface area contributed by atoms with Gasteiger partial charge in [0.1, 0.15) is 12.4 Å². The third-order valence-corrected chi connectivity index (χ3v) is 3.33. The van der Waals surface area contributed by atoms with Gasteiger partial charge < -0.3 is 15.2 Å². The van der Waals surface area contributed by atoms with E-state index < -0.39 is 0 Å². The number of aromatic nitrogens is 2. The second-order valence-electron chi connectivity index (χ2n) is 6.15. The maximum Gasteiger partial charge on any atom is 0.192 e. The van der Waals surface area contributed by atoms with Gasteiger partial charge in [0, 0.05) is 11.5 Å². The van der Waals surface area contributed by atoms with Gasteiger partial charge in [-0.1, -0.05) is 32.9 Å². The molecule has 0 aliphatic carbocycles. The fourth-order valence-corrected chi connectivity index (χ4v) is 2.16. The van der Waals surface area contributed by atoms with Crippen LogP contribution in [0.15, 0.2) is 30.3 Å². The van der Waals surface area contributed by atoms with Crippen molar-refractivity contribution >= 4 is 5.82 Å². The van der Waals surface area contributed by atoms with E-state index in [4.69, 9.17) is 15.2 Å². The van der Waals surface area contributed by atoms with Crippen molar-refractivity contribution in [2.45, 2.75) is 32.3 Å². The average Bonchev–Trinajstić information content (AvgIpc) is 2.45. The van der Waals surface area contributed by atoms with Crippen LogP contribution in [0.2, 0.25) is 0 Å². The molecule has 2 N–H and O–H groups in total. The molecule has 2 aromatic rings. The lowest BCUT2D eigenvalue weighted by Crippen LogP contribution is -2.25. The molecule has 0 amide bonds. The molecule has 21 heavy (non-hydrogen) atoms. The van der Waals surface area contributed by atoms with Gasteiger partial charge in [-0.3, -0.25) is 0 Å².